The van der Waals surface area contributed by atoms with Crippen molar-refractivity contribution in [2.75, 3.05) is 19.2 Å². The molecule has 0 atom stereocenters. The lowest BCUT2D eigenvalue weighted by molar-refractivity contribution is 0.112. The number of pyridine rings is 1. The number of nitrogens with one attached hydrogen (secondary N) is 1. The summed E-state index contributed by atoms with van der Waals surface area (Å²) in [6.07, 6.45) is 0.600. The van der Waals surface area contributed by atoms with Crippen LogP contribution >= 0.6 is 0 Å². The van der Waals surface area contributed by atoms with Gasteiger partial charge in [0.2, 0.25) is 6.79 Å². The molecule has 1 aromatic heterocycles. The minimum absolute atomic E-state index is 0.0937. The minimum Gasteiger partial charge on any atom is -0.496 e. The van der Waals surface area contributed by atoms with Gasteiger partial charge in [-0.1, -0.05) is 24.3 Å². The van der Waals surface area contributed by atoms with Gasteiger partial charge in [0.1, 0.15) is 11.3 Å². The average Bonchev–Trinajstić information content (AvgIpc) is 3.23. The van der Waals surface area contributed by atoms with E-state index >= 15 is 0 Å². The fraction of sp³-hybridized carbons (Fsp3) is 0.217. The van der Waals surface area contributed by atoms with E-state index in [1.54, 1.807) is 11.7 Å². The van der Waals surface area contributed by atoms with Crippen LogP contribution in [0.5, 0.6) is 17.2 Å². The van der Waals surface area contributed by atoms with Gasteiger partial charge in [0.15, 0.2) is 17.8 Å². The number of hydrogen-bond acceptors (Lipinski definition) is 6. The number of para-hydroxylation sites is 1. The van der Waals surface area contributed by atoms with E-state index < -0.39 is 0 Å². The Morgan fingerprint density at radius 3 is 2.73 bits per heavy atom. The second-order valence-electron chi connectivity index (χ2n) is 6.98. The number of fused-ring (bicyclic) bond motifs is 1. The highest BCUT2D eigenvalue weighted by Crippen LogP contribution is 2.32. The summed E-state index contributed by atoms with van der Waals surface area (Å²) in [5, 5.41) is 3.20. The molecular formula is C23H22N2O5. The van der Waals surface area contributed by atoms with Gasteiger partial charge < -0.3 is 24.1 Å². The molecule has 1 N–H and O–H groups in total. The molecule has 0 bridgehead atoms. The van der Waals surface area contributed by atoms with E-state index in [4.69, 9.17) is 14.2 Å². The van der Waals surface area contributed by atoms with Crippen LogP contribution < -0.4 is 25.1 Å². The first kappa shape index (κ1) is 19.6. The zero-order valence-electron chi connectivity index (χ0n) is 16.8. The molecule has 0 amide bonds. The van der Waals surface area contributed by atoms with Crippen LogP contribution in [-0.2, 0) is 13.1 Å². The van der Waals surface area contributed by atoms with Crippen LogP contribution in [0.1, 0.15) is 27.2 Å². The van der Waals surface area contributed by atoms with Crippen molar-refractivity contribution in [2.24, 2.45) is 0 Å². The largest absolute Gasteiger partial charge is 0.496 e. The Hall–Kier alpha value is -3.74. The smallest absolute Gasteiger partial charge is 0.263 e. The Balaban J connectivity index is 1.60. The van der Waals surface area contributed by atoms with Gasteiger partial charge in [0.25, 0.3) is 5.56 Å². The highest BCUT2D eigenvalue weighted by Gasteiger charge is 2.16. The predicted molar refractivity (Wildman–Crippen MR) is 113 cm³/mol. The van der Waals surface area contributed by atoms with Crippen molar-refractivity contribution in [3.63, 3.8) is 0 Å². The minimum atomic E-state index is -0.343. The highest BCUT2D eigenvalue weighted by molar-refractivity contribution is 5.83. The summed E-state index contributed by atoms with van der Waals surface area (Å²) < 4.78 is 17.7. The number of carbonyl (C=O) groups excluding carboxylic acids is 1. The normalized spacial score (nSPS) is 11.9. The fourth-order valence-electron chi connectivity index (χ4n) is 3.49. The van der Waals surface area contributed by atoms with E-state index in [0.29, 0.717) is 42.3 Å². The first-order valence-corrected chi connectivity index (χ1v) is 9.54. The van der Waals surface area contributed by atoms with Crippen LogP contribution in [-0.4, -0.2) is 24.8 Å². The molecule has 0 unspecified atom stereocenters. The fourth-order valence-corrected chi connectivity index (χ4v) is 3.49. The second kappa shape index (κ2) is 8.32. The number of aromatic nitrogens is 1. The highest BCUT2D eigenvalue weighted by atomic mass is 16.7. The van der Waals surface area contributed by atoms with Crippen molar-refractivity contribution in [1.29, 1.82) is 0 Å². The molecule has 3 aromatic rings. The van der Waals surface area contributed by atoms with Gasteiger partial charge in [-0.3, -0.25) is 9.59 Å². The van der Waals surface area contributed by atoms with Crippen molar-refractivity contribution in [1.82, 2.24) is 4.57 Å². The van der Waals surface area contributed by atoms with Gasteiger partial charge >= 0.3 is 0 Å². The Labute approximate surface area is 173 Å². The van der Waals surface area contributed by atoms with Gasteiger partial charge in [0, 0.05) is 17.8 Å². The SMILES string of the molecule is COc1ccccc1Cn1c(C)cc(NCc2ccc3c(c2)OCO3)c(C=O)c1=O. The first-order valence-electron chi connectivity index (χ1n) is 9.54. The van der Waals surface area contributed by atoms with Crippen molar-refractivity contribution >= 4 is 12.0 Å². The standard InChI is InChI=1S/C23H22N2O5/c1-15-9-19(24-11-16-7-8-21-22(10-16)30-14-29-21)18(13-26)23(27)25(15)12-17-5-3-4-6-20(17)28-2/h3-10,13,24H,11-12,14H2,1-2H3. The lowest BCUT2D eigenvalue weighted by Crippen LogP contribution is -2.27. The van der Waals surface area contributed by atoms with Crippen LogP contribution in [0.2, 0.25) is 0 Å². The zero-order valence-corrected chi connectivity index (χ0v) is 16.8. The van der Waals surface area contributed by atoms with Gasteiger partial charge in [0.05, 0.1) is 19.3 Å². The summed E-state index contributed by atoms with van der Waals surface area (Å²) in [7, 11) is 1.59. The maximum absolute atomic E-state index is 13.0. The third kappa shape index (κ3) is 3.74. The Morgan fingerprint density at radius 1 is 1.13 bits per heavy atom. The summed E-state index contributed by atoms with van der Waals surface area (Å²) in [5.74, 6) is 2.09. The molecule has 0 saturated carbocycles. The third-order valence-electron chi connectivity index (χ3n) is 5.10. The first-order chi connectivity index (χ1) is 14.6. The van der Waals surface area contributed by atoms with Crippen molar-refractivity contribution in [3.05, 3.63) is 81.3 Å². The number of nitrogens with zero attached hydrogens (tertiary/aromatic N) is 1. The number of aldehydes is 1. The number of rotatable bonds is 7. The van der Waals surface area contributed by atoms with E-state index in [-0.39, 0.29) is 17.9 Å². The number of aryl methyl sites for hydroxylation is 1. The number of anilines is 1. The average molecular weight is 406 g/mol. The topological polar surface area (TPSA) is 78.8 Å². The van der Waals surface area contributed by atoms with Crippen LogP contribution in [0.3, 0.4) is 0 Å². The van der Waals surface area contributed by atoms with E-state index in [1.165, 1.54) is 0 Å². The second-order valence-corrected chi connectivity index (χ2v) is 6.98. The summed E-state index contributed by atoms with van der Waals surface area (Å²) in [6, 6.07) is 15.0. The van der Waals surface area contributed by atoms with Crippen LogP contribution in [0, 0.1) is 6.92 Å². The van der Waals surface area contributed by atoms with Crippen LogP contribution in [0.15, 0.2) is 53.3 Å². The van der Waals surface area contributed by atoms with Gasteiger partial charge in [-0.25, -0.2) is 0 Å². The molecule has 1 aliphatic rings. The van der Waals surface area contributed by atoms with E-state index in [9.17, 15) is 9.59 Å². The predicted octanol–water partition coefficient (Wildman–Crippen LogP) is 3.37. The molecule has 2 heterocycles. The Morgan fingerprint density at radius 2 is 1.93 bits per heavy atom. The van der Waals surface area contributed by atoms with Crippen molar-refractivity contribution in [3.8, 4) is 17.2 Å². The molecule has 1 aliphatic heterocycles. The summed E-state index contributed by atoms with van der Waals surface area (Å²) in [6.45, 7) is 2.81. The molecule has 0 spiro atoms. The molecule has 0 aliphatic carbocycles. The molecule has 30 heavy (non-hydrogen) atoms. The molecule has 154 valence electrons. The van der Waals surface area contributed by atoms with Crippen LogP contribution in [0.25, 0.3) is 0 Å². The molecule has 0 fully saturated rings. The lowest BCUT2D eigenvalue weighted by atomic mass is 10.1. The Kier molecular flexibility index (Phi) is 5.43. The zero-order chi connectivity index (χ0) is 21.1. The number of carbonyl (C=O) groups is 1. The maximum Gasteiger partial charge on any atom is 0.263 e. The van der Waals surface area contributed by atoms with Crippen molar-refractivity contribution in [2.45, 2.75) is 20.0 Å². The lowest BCUT2D eigenvalue weighted by Gasteiger charge is -2.16. The van der Waals surface area contributed by atoms with E-state index in [1.807, 2.05) is 55.5 Å². The molecule has 7 heteroatoms. The number of ether oxygens (including phenoxy) is 3. The monoisotopic (exact) mass is 406 g/mol. The number of benzene rings is 2. The molecule has 0 saturated heterocycles. The van der Waals surface area contributed by atoms with E-state index in [2.05, 4.69) is 5.32 Å². The molecule has 2 aromatic carbocycles. The number of methoxy groups -OCH3 is 1. The van der Waals surface area contributed by atoms with Gasteiger partial charge in [-0.2, -0.15) is 0 Å². The quantitative estimate of drug-likeness (QED) is 0.606. The third-order valence-corrected chi connectivity index (χ3v) is 5.10. The van der Waals surface area contributed by atoms with Crippen molar-refractivity contribution < 1.29 is 19.0 Å². The van der Waals surface area contributed by atoms with Gasteiger partial charge in [-0.15, -0.1) is 0 Å². The Bertz CT molecular complexity index is 1150. The summed E-state index contributed by atoms with van der Waals surface area (Å²) in [4.78, 5) is 24.8. The summed E-state index contributed by atoms with van der Waals surface area (Å²) in [5.41, 5.74) is 2.81. The summed E-state index contributed by atoms with van der Waals surface area (Å²) >= 11 is 0. The maximum atomic E-state index is 13.0. The van der Waals surface area contributed by atoms with Crippen LogP contribution in [0.4, 0.5) is 5.69 Å². The molecular weight excluding hydrogens is 384 g/mol. The molecule has 7 nitrogen and oxygen atoms in total. The number of hydrogen-bond donors (Lipinski definition) is 1. The van der Waals surface area contributed by atoms with Gasteiger partial charge in [-0.05, 0) is 36.8 Å². The van der Waals surface area contributed by atoms with E-state index in [0.717, 1.165) is 16.8 Å². The molecule has 0 radical (unpaired) electrons. The molecule has 4 rings (SSSR count).